The van der Waals surface area contributed by atoms with Crippen molar-refractivity contribution in [3.05, 3.63) is 73.8 Å². The Labute approximate surface area is 152 Å². The number of rotatable bonds is 2. The summed E-state index contributed by atoms with van der Waals surface area (Å²) in [6.07, 6.45) is 1.92. The van der Waals surface area contributed by atoms with Gasteiger partial charge >= 0.3 is 0 Å². The summed E-state index contributed by atoms with van der Waals surface area (Å²) in [6, 6.07) is 15.6. The Morgan fingerprint density at radius 1 is 1.08 bits per heavy atom. The summed E-state index contributed by atoms with van der Waals surface area (Å²) in [6.45, 7) is 1.22. The summed E-state index contributed by atoms with van der Waals surface area (Å²) in [4.78, 5) is 20.2. The first kappa shape index (κ1) is 15.2. The first-order valence-corrected chi connectivity index (χ1v) is 9.05. The zero-order chi connectivity index (χ0) is 17.5. The highest BCUT2D eigenvalue weighted by atomic mass is 32.1. The molecule has 0 atom stereocenters. The van der Waals surface area contributed by atoms with Crippen molar-refractivity contribution in [3.63, 3.8) is 0 Å². The highest BCUT2D eigenvalue weighted by molar-refractivity contribution is 7.07. The summed E-state index contributed by atoms with van der Waals surface area (Å²) in [7, 11) is 0. The number of thiazole rings is 1. The number of anilines is 1. The van der Waals surface area contributed by atoms with Gasteiger partial charge in [-0.25, -0.2) is 4.99 Å². The van der Waals surface area contributed by atoms with E-state index in [2.05, 4.69) is 4.99 Å². The maximum absolute atomic E-state index is 12.8. The normalized spacial score (nSPS) is 15.7. The van der Waals surface area contributed by atoms with Crippen LogP contribution in [-0.4, -0.2) is 18.0 Å². The molecule has 0 bridgehead atoms. The van der Waals surface area contributed by atoms with Gasteiger partial charge in [0.2, 0.25) is 6.79 Å². The van der Waals surface area contributed by atoms with Crippen molar-refractivity contribution in [1.82, 2.24) is 4.57 Å². The standard InChI is InChI=1S/C19H15N3O3S/c23-18-17(8-13-4-2-1-3-5-13)26-19-20-10-21(11-22(18)19)14-6-7-15-16(9-14)25-12-24-15/h1-9H,10-12H2. The number of nitrogens with zero attached hydrogens (tertiary/aromatic N) is 3. The van der Waals surface area contributed by atoms with Gasteiger partial charge in [-0.3, -0.25) is 9.36 Å². The Morgan fingerprint density at radius 3 is 2.81 bits per heavy atom. The van der Waals surface area contributed by atoms with Gasteiger partial charge in [-0.05, 0) is 23.8 Å². The van der Waals surface area contributed by atoms with E-state index in [1.54, 1.807) is 4.57 Å². The van der Waals surface area contributed by atoms with E-state index in [-0.39, 0.29) is 12.4 Å². The maximum atomic E-state index is 12.8. The van der Waals surface area contributed by atoms with E-state index in [4.69, 9.17) is 9.47 Å². The average Bonchev–Trinajstić information content (AvgIpc) is 3.27. The van der Waals surface area contributed by atoms with Crippen LogP contribution in [0, 0.1) is 0 Å². The van der Waals surface area contributed by atoms with Crippen LogP contribution < -0.4 is 29.3 Å². The summed E-state index contributed by atoms with van der Waals surface area (Å²) in [5.74, 6) is 1.47. The fourth-order valence-corrected chi connectivity index (χ4v) is 4.02. The molecule has 0 unspecified atom stereocenters. The van der Waals surface area contributed by atoms with E-state index >= 15 is 0 Å². The lowest BCUT2D eigenvalue weighted by molar-refractivity contribution is 0.174. The lowest BCUT2D eigenvalue weighted by Crippen LogP contribution is -2.42. The Hall–Kier alpha value is -3.06. The second kappa shape index (κ2) is 6.03. The van der Waals surface area contributed by atoms with E-state index in [0.29, 0.717) is 17.9 Å². The van der Waals surface area contributed by atoms with E-state index in [0.717, 1.165) is 27.6 Å². The Balaban J connectivity index is 1.50. The van der Waals surface area contributed by atoms with Gasteiger partial charge in [0.1, 0.15) is 13.3 Å². The third kappa shape index (κ3) is 2.57. The van der Waals surface area contributed by atoms with E-state index < -0.39 is 0 Å². The van der Waals surface area contributed by atoms with Crippen LogP contribution in [-0.2, 0) is 6.67 Å². The minimum Gasteiger partial charge on any atom is -0.454 e. The molecule has 2 aromatic carbocycles. The largest absolute Gasteiger partial charge is 0.454 e. The third-order valence-electron chi connectivity index (χ3n) is 4.40. The molecule has 7 heteroatoms. The number of fused-ring (bicyclic) bond motifs is 2. The van der Waals surface area contributed by atoms with Crippen LogP contribution in [0.3, 0.4) is 0 Å². The van der Waals surface area contributed by atoms with Crippen molar-refractivity contribution in [1.29, 1.82) is 0 Å². The van der Waals surface area contributed by atoms with Crippen LogP contribution >= 0.6 is 11.3 Å². The second-order valence-corrected chi connectivity index (χ2v) is 7.06. The van der Waals surface area contributed by atoms with Gasteiger partial charge in [-0.15, -0.1) is 0 Å². The molecule has 0 amide bonds. The molecule has 3 heterocycles. The zero-order valence-electron chi connectivity index (χ0n) is 13.8. The van der Waals surface area contributed by atoms with E-state index in [9.17, 15) is 4.79 Å². The highest BCUT2D eigenvalue weighted by Crippen LogP contribution is 2.35. The van der Waals surface area contributed by atoms with Crippen LogP contribution in [0.25, 0.3) is 6.08 Å². The molecule has 0 spiro atoms. The van der Waals surface area contributed by atoms with Crippen LogP contribution in [0.5, 0.6) is 11.5 Å². The molecule has 0 radical (unpaired) electrons. The van der Waals surface area contributed by atoms with Gasteiger partial charge in [0.05, 0.1) is 4.53 Å². The first-order valence-electron chi connectivity index (χ1n) is 8.23. The smallest absolute Gasteiger partial charge is 0.271 e. The molecule has 0 saturated carbocycles. The molecular weight excluding hydrogens is 350 g/mol. The summed E-state index contributed by atoms with van der Waals surface area (Å²) >= 11 is 1.43. The van der Waals surface area contributed by atoms with Crippen LogP contribution in [0.15, 0.2) is 58.3 Å². The molecule has 0 fully saturated rings. The van der Waals surface area contributed by atoms with Crippen molar-refractivity contribution in [2.75, 3.05) is 18.4 Å². The minimum atomic E-state index is -0.0111. The van der Waals surface area contributed by atoms with Crippen molar-refractivity contribution < 1.29 is 9.47 Å². The van der Waals surface area contributed by atoms with Gasteiger partial charge in [-0.1, -0.05) is 41.7 Å². The van der Waals surface area contributed by atoms with Crippen molar-refractivity contribution >= 4 is 23.1 Å². The van der Waals surface area contributed by atoms with Crippen LogP contribution in [0.2, 0.25) is 0 Å². The lowest BCUT2D eigenvalue weighted by atomic mass is 10.2. The van der Waals surface area contributed by atoms with E-state index in [1.807, 2.05) is 59.5 Å². The van der Waals surface area contributed by atoms with Gasteiger partial charge in [0.15, 0.2) is 16.3 Å². The molecule has 2 aliphatic heterocycles. The number of hydrogen-bond acceptors (Lipinski definition) is 6. The predicted molar refractivity (Wildman–Crippen MR) is 99.3 cm³/mol. The Kier molecular flexibility index (Phi) is 3.53. The molecule has 26 heavy (non-hydrogen) atoms. The third-order valence-corrected chi connectivity index (χ3v) is 5.44. The predicted octanol–water partition coefficient (Wildman–Crippen LogP) is 1.52. The first-order chi connectivity index (χ1) is 12.8. The SMILES string of the molecule is O=c1c(=Cc2ccccc2)sc2n1CN(c1ccc3c(c1)OCO3)CN=2. The monoisotopic (exact) mass is 365 g/mol. The minimum absolute atomic E-state index is 0.0111. The van der Waals surface area contributed by atoms with Crippen LogP contribution in [0.4, 0.5) is 5.69 Å². The number of benzene rings is 2. The zero-order valence-corrected chi connectivity index (χ0v) is 14.6. The second-order valence-electron chi connectivity index (χ2n) is 6.06. The number of hydrogen-bond donors (Lipinski definition) is 0. The number of aromatic nitrogens is 1. The molecule has 0 saturated heterocycles. The molecular formula is C19H15N3O3S. The molecule has 1 aromatic heterocycles. The van der Waals surface area contributed by atoms with Crippen molar-refractivity contribution in [2.45, 2.75) is 6.67 Å². The topological polar surface area (TPSA) is 56.1 Å². The maximum Gasteiger partial charge on any atom is 0.271 e. The Morgan fingerprint density at radius 2 is 1.92 bits per heavy atom. The molecule has 5 rings (SSSR count). The Bertz CT molecular complexity index is 1150. The average molecular weight is 365 g/mol. The molecule has 6 nitrogen and oxygen atoms in total. The van der Waals surface area contributed by atoms with Crippen molar-refractivity contribution in [2.24, 2.45) is 4.99 Å². The van der Waals surface area contributed by atoms with Gasteiger partial charge in [-0.2, -0.15) is 0 Å². The number of ether oxygens (including phenoxy) is 2. The quantitative estimate of drug-likeness (QED) is 0.691. The van der Waals surface area contributed by atoms with Crippen LogP contribution in [0.1, 0.15) is 5.56 Å². The molecule has 3 aromatic rings. The molecule has 2 aliphatic rings. The summed E-state index contributed by atoms with van der Waals surface area (Å²) in [5, 5.41) is 0. The lowest BCUT2D eigenvalue weighted by Gasteiger charge is -2.25. The van der Waals surface area contributed by atoms with Crippen molar-refractivity contribution in [3.8, 4) is 11.5 Å². The van der Waals surface area contributed by atoms with Gasteiger partial charge < -0.3 is 14.4 Å². The fraction of sp³-hybridized carbons (Fsp3) is 0.158. The van der Waals surface area contributed by atoms with Gasteiger partial charge in [0, 0.05) is 11.8 Å². The highest BCUT2D eigenvalue weighted by Gasteiger charge is 2.19. The summed E-state index contributed by atoms with van der Waals surface area (Å²) < 4.78 is 13.2. The van der Waals surface area contributed by atoms with E-state index in [1.165, 1.54) is 11.3 Å². The molecule has 130 valence electrons. The molecule has 0 aliphatic carbocycles. The summed E-state index contributed by atoms with van der Waals surface area (Å²) in [5.41, 5.74) is 1.95. The molecule has 0 N–H and O–H groups in total. The fourth-order valence-electron chi connectivity index (χ4n) is 3.06. The van der Waals surface area contributed by atoms with Gasteiger partial charge in [0.25, 0.3) is 5.56 Å².